The van der Waals surface area contributed by atoms with Crippen LogP contribution >= 0.6 is 0 Å². The van der Waals surface area contributed by atoms with E-state index in [1.54, 1.807) is 7.05 Å². The van der Waals surface area contributed by atoms with E-state index in [-0.39, 0.29) is 0 Å². The Labute approximate surface area is 139 Å². The second-order valence-corrected chi connectivity index (χ2v) is 6.46. The molecular formula is C17H31N5O. The number of hydrogen-bond acceptors (Lipinski definition) is 4. The summed E-state index contributed by atoms with van der Waals surface area (Å²) < 4.78 is 5.35. The highest BCUT2D eigenvalue weighted by Crippen LogP contribution is 2.16. The zero-order chi connectivity index (χ0) is 16.7. The normalized spacial score (nSPS) is 20.0. The van der Waals surface area contributed by atoms with Crippen LogP contribution in [0.25, 0.3) is 0 Å². The predicted octanol–water partition coefficient (Wildman–Crippen LogP) is 2.34. The van der Waals surface area contributed by atoms with Crippen molar-refractivity contribution >= 4 is 5.96 Å². The first-order valence-electron chi connectivity index (χ1n) is 8.78. The number of rotatable bonds is 6. The molecule has 0 radical (unpaired) electrons. The molecule has 23 heavy (non-hydrogen) atoms. The molecule has 2 rings (SSSR count). The summed E-state index contributed by atoms with van der Waals surface area (Å²) in [5.41, 5.74) is 0.991. The van der Waals surface area contributed by atoms with E-state index in [0.717, 1.165) is 30.5 Å². The fourth-order valence-corrected chi connectivity index (χ4v) is 3.00. The largest absolute Gasteiger partial charge is 0.359 e. The van der Waals surface area contributed by atoms with Gasteiger partial charge in [0.1, 0.15) is 0 Å². The van der Waals surface area contributed by atoms with Gasteiger partial charge in [0, 0.05) is 25.7 Å². The lowest BCUT2D eigenvalue weighted by Crippen LogP contribution is -2.48. The Morgan fingerprint density at radius 2 is 2.26 bits per heavy atom. The molecule has 1 aromatic heterocycles. The van der Waals surface area contributed by atoms with Gasteiger partial charge in [-0.3, -0.25) is 9.89 Å². The molecule has 1 saturated heterocycles. The van der Waals surface area contributed by atoms with Crippen molar-refractivity contribution in [2.45, 2.75) is 58.5 Å². The zero-order valence-electron chi connectivity index (χ0n) is 14.9. The summed E-state index contributed by atoms with van der Waals surface area (Å²) in [7, 11) is 1.80. The van der Waals surface area contributed by atoms with Crippen LogP contribution in [-0.2, 0) is 6.54 Å². The minimum atomic E-state index is 0.385. The van der Waals surface area contributed by atoms with Gasteiger partial charge in [0.2, 0.25) is 0 Å². The van der Waals surface area contributed by atoms with Crippen molar-refractivity contribution in [2.75, 3.05) is 26.7 Å². The summed E-state index contributed by atoms with van der Waals surface area (Å²) in [6.45, 7) is 10.3. The number of aliphatic imine (C=N–C) groups is 1. The Hall–Kier alpha value is -1.56. The molecule has 0 spiro atoms. The van der Waals surface area contributed by atoms with Crippen LogP contribution in [0.4, 0.5) is 0 Å². The van der Waals surface area contributed by atoms with Gasteiger partial charge in [-0.05, 0) is 31.8 Å². The molecule has 0 aromatic carbocycles. The van der Waals surface area contributed by atoms with Crippen LogP contribution in [0.1, 0.15) is 57.4 Å². The third-order valence-electron chi connectivity index (χ3n) is 4.48. The molecule has 6 heteroatoms. The summed E-state index contributed by atoms with van der Waals surface area (Å²) in [5, 5.41) is 10.8. The highest BCUT2D eigenvalue weighted by atomic mass is 16.5. The summed E-state index contributed by atoms with van der Waals surface area (Å²) in [5.74, 6) is 2.04. The van der Waals surface area contributed by atoms with E-state index in [4.69, 9.17) is 4.52 Å². The quantitative estimate of drug-likeness (QED) is 0.622. The monoisotopic (exact) mass is 321 g/mol. The molecule has 0 amide bonds. The van der Waals surface area contributed by atoms with Gasteiger partial charge in [-0.25, -0.2) is 0 Å². The third-order valence-corrected chi connectivity index (χ3v) is 4.48. The summed E-state index contributed by atoms with van der Waals surface area (Å²) in [6, 6.07) is 2.61. The first-order chi connectivity index (χ1) is 11.1. The molecule has 1 aliphatic heterocycles. The summed E-state index contributed by atoms with van der Waals surface area (Å²) in [6.07, 6.45) is 3.91. The number of aromatic nitrogens is 1. The van der Waals surface area contributed by atoms with Crippen LogP contribution < -0.4 is 10.6 Å². The molecule has 1 atom stereocenters. The zero-order valence-corrected chi connectivity index (χ0v) is 14.9. The predicted molar refractivity (Wildman–Crippen MR) is 93.7 cm³/mol. The smallest absolute Gasteiger partial charge is 0.191 e. The first kappa shape index (κ1) is 17.8. The maximum atomic E-state index is 5.35. The molecule has 0 saturated carbocycles. The van der Waals surface area contributed by atoms with Gasteiger partial charge in [0.15, 0.2) is 11.7 Å². The van der Waals surface area contributed by atoms with Crippen molar-refractivity contribution in [3.63, 3.8) is 0 Å². The highest BCUT2D eigenvalue weighted by Gasteiger charge is 2.20. The molecule has 1 unspecified atom stereocenters. The van der Waals surface area contributed by atoms with Crippen LogP contribution in [0.3, 0.4) is 0 Å². The number of likely N-dealkylation sites (N-methyl/N-ethyl adjacent to an activating group) is 1. The first-order valence-corrected chi connectivity index (χ1v) is 8.78. The summed E-state index contributed by atoms with van der Waals surface area (Å²) >= 11 is 0. The Kier molecular flexibility index (Phi) is 6.89. The number of hydrogen-bond donors (Lipinski definition) is 2. The van der Waals surface area contributed by atoms with Crippen LogP contribution in [0.5, 0.6) is 0 Å². The molecule has 1 fully saturated rings. The Morgan fingerprint density at radius 3 is 2.91 bits per heavy atom. The molecule has 2 heterocycles. The third kappa shape index (κ3) is 5.23. The van der Waals surface area contributed by atoms with Gasteiger partial charge in [-0.2, -0.15) is 0 Å². The van der Waals surface area contributed by atoms with E-state index in [1.165, 1.54) is 25.8 Å². The van der Waals surface area contributed by atoms with Crippen LogP contribution in [-0.4, -0.2) is 48.7 Å². The van der Waals surface area contributed by atoms with E-state index in [9.17, 15) is 0 Å². The fourth-order valence-electron chi connectivity index (χ4n) is 3.00. The van der Waals surface area contributed by atoms with Crippen LogP contribution in [0.2, 0.25) is 0 Å². The maximum absolute atomic E-state index is 5.35. The van der Waals surface area contributed by atoms with Gasteiger partial charge in [-0.1, -0.05) is 32.3 Å². The lowest BCUT2D eigenvalue weighted by atomic mass is 10.0. The van der Waals surface area contributed by atoms with Gasteiger partial charge in [0.25, 0.3) is 0 Å². The molecular weight excluding hydrogens is 290 g/mol. The number of nitrogens with one attached hydrogen (secondary N) is 2. The van der Waals surface area contributed by atoms with E-state index in [1.807, 2.05) is 6.07 Å². The molecule has 2 N–H and O–H groups in total. The second kappa shape index (κ2) is 8.91. The van der Waals surface area contributed by atoms with Gasteiger partial charge in [0.05, 0.1) is 12.2 Å². The van der Waals surface area contributed by atoms with Crippen molar-refractivity contribution in [3.8, 4) is 0 Å². The highest BCUT2D eigenvalue weighted by molar-refractivity contribution is 5.79. The lowest BCUT2D eigenvalue weighted by Gasteiger charge is -2.35. The minimum absolute atomic E-state index is 0.385. The summed E-state index contributed by atoms with van der Waals surface area (Å²) in [4.78, 5) is 6.84. The number of nitrogens with zero attached hydrogens (tertiary/aromatic N) is 3. The molecule has 0 bridgehead atoms. The van der Waals surface area contributed by atoms with Crippen LogP contribution in [0, 0.1) is 0 Å². The average molecular weight is 321 g/mol. The van der Waals surface area contributed by atoms with Crippen molar-refractivity contribution in [1.82, 2.24) is 20.7 Å². The standard InChI is InChI=1S/C17H31N5O/c1-5-22-9-7-6-8-14(22)11-19-17(18-4)20-12-15-10-16(13(2)3)21-23-15/h10,13-14H,5-9,11-12H2,1-4H3,(H2,18,19,20). The second-order valence-electron chi connectivity index (χ2n) is 6.46. The van der Waals surface area contributed by atoms with Gasteiger partial charge < -0.3 is 15.2 Å². The van der Waals surface area contributed by atoms with Crippen molar-refractivity contribution in [3.05, 3.63) is 17.5 Å². The van der Waals surface area contributed by atoms with Crippen molar-refractivity contribution < 1.29 is 4.52 Å². The Bertz CT molecular complexity index is 497. The molecule has 0 aliphatic carbocycles. The van der Waals surface area contributed by atoms with Crippen molar-refractivity contribution in [2.24, 2.45) is 4.99 Å². The maximum Gasteiger partial charge on any atom is 0.191 e. The molecule has 6 nitrogen and oxygen atoms in total. The Morgan fingerprint density at radius 1 is 1.43 bits per heavy atom. The average Bonchev–Trinajstić information content (AvgIpc) is 3.04. The minimum Gasteiger partial charge on any atom is -0.359 e. The fraction of sp³-hybridized carbons (Fsp3) is 0.765. The van der Waals surface area contributed by atoms with Crippen LogP contribution in [0.15, 0.2) is 15.6 Å². The van der Waals surface area contributed by atoms with Gasteiger partial charge in [-0.15, -0.1) is 0 Å². The van der Waals surface area contributed by atoms with E-state index < -0.39 is 0 Å². The Balaban J connectivity index is 1.78. The number of guanidine groups is 1. The SMILES string of the molecule is CCN1CCCCC1CNC(=NC)NCc1cc(C(C)C)no1. The molecule has 1 aliphatic rings. The van der Waals surface area contributed by atoms with E-state index >= 15 is 0 Å². The number of piperidine rings is 1. The van der Waals surface area contributed by atoms with E-state index in [2.05, 4.69) is 46.5 Å². The molecule has 1 aromatic rings. The van der Waals surface area contributed by atoms with E-state index in [0.29, 0.717) is 18.5 Å². The lowest BCUT2D eigenvalue weighted by molar-refractivity contribution is 0.157. The van der Waals surface area contributed by atoms with Crippen molar-refractivity contribution in [1.29, 1.82) is 0 Å². The number of likely N-dealkylation sites (tertiary alicyclic amines) is 1. The molecule has 130 valence electrons. The topological polar surface area (TPSA) is 65.7 Å². The van der Waals surface area contributed by atoms with Gasteiger partial charge >= 0.3 is 0 Å².